The highest BCUT2D eigenvalue weighted by Gasteiger charge is 2.25. The topological polar surface area (TPSA) is 99.8 Å². The van der Waals surface area contributed by atoms with Crippen molar-refractivity contribution in [2.24, 2.45) is 0 Å². The molecule has 0 fully saturated rings. The van der Waals surface area contributed by atoms with E-state index in [1.54, 1.807) is 0 Å². The quantitative estimate of drug-likeness (QED) is 0.731. The lowest BCUT2D eigenvalue weighted by molar-refractivity contribution is -0.141. The van der Waals surface area contributed by atoms with E-state index in [1.165, 1.54) is 19.3 Å². The maximum Gasteiger partial charge on any atom is 0.306 e. The molecule has 1 amide bonds. The molecule has 1 aromatic rings. The first-order valence-electron chi connectivity index (χ1n) is 4.77. The number of aliphatic hydroxyl groups is 1. The molecule has 0 saturated heterocycles. The number of carbonyl (C=O) groups excluding carboxylic acids is 1. The zero-order valence-electron chi connectivity index (χ0n) is 9.07. The zero-order chi connectivity index (χ0) is 13.1. The van der Waals surface area contributed by atoms with Gasteiger partial charge in [-0.15, -0.1) is 0 Å². The Labute approximate surface area is 102 Å². The number of amides is 1. The van der Waals surface area contributed by atoms with Gasteiger partial charge in [0.25, 0.3) is 5.91 Å². The van der Waals surface area contributed by atoms with Gasteiger partial charge >= 0.3 is 5.97 Å². The third kappa shape index (κ3) is 4.08. The molecule has 0 aliphatic rings. The van der Waals surface area contributed by atoms with Crippen molar-refractivity contribution < 1.29 is 24.2 Å². The van der Waals surface area contributed by atoms with E-state index in [0.717, 1.165) is 0 Å². The second kappa shape index (κ2) is 5.20. The summed E-state index contributed by atoms with van der Waals surface area (Å²) in [4.78, 5) is 22.0. The van der Waals surface area contributed by atoms with Gasteiger partial charge in [-0.05, 0) is 24.6 Å². The fourth-order valence-corrected chi connectivity index (χ4v) is 1.41. The minimum atomic E-state index is -1.52. The number of rotatable bonds is 5. The number of furan rings is 1. The summed E-state index contributed by atoms with van der Waals surface area (Å²) in [5.41, 5.74) is -1.38. The highest BCUT2D eigenvalue weighted by atomic mass is 35.5. The first kappa shape index (κ1) is 13.5. The molecule has 17 heavy (non-hydrogen) atoms. The normalized spacial score (nSPS) is 14.1. The Balaban J connectivity index is 2.54. The van der Waals surface area contributed by atoms with Crippen LogP contribution in [-0.2, 0) is 4.79 Å². The van der Waals surface area contributed by atoms with Crippen LogP contribution in [0.1, 0.15) is 23.7 Å². The van der Waals surface area contributed by atoms with E-state index in [1.807, 2.05) is 0 Å². The molecule has 3 N–H and O–H groups in total. The Morgan fingerprint density at radius 3 is 2.71 bits per heavy atom. The molecule has 0 radical (unpaired) electrons. The molecule has 0 saturated carbocycles. The molecule has 1 rings (SSSR count). The molecule has 1 atom stereocenters. The summed E-state index contributed by atoms with van der Waals surface area (Å²) in [5.74, 6) is -1.68. The van der Waals surface area contributed by atoms with Crippen molar-refractivity contribution in [3.05, 3.63) is 23.1 Å². The van der Waals surface area contributed by atoms with E-state index in [2.05, 4.69) is 5.32 Å². The van der Waals surface area contributed by atoms with E-state index < -0.39 is 23.9 Å². The van der Waals surface area contributed by atoms with Gasteiger partial charge in [-0.25, -0.2) is 0 Å². The van der Waals surface area contributed by atoms with E-state index >= 15 is 0 Å². The third-order valence-corrected chi connectivity index (χ3v) is 2.32. The lowest BCUT2D eigenvalue weighted by Gasteiger charge is -2.21. The number of nitrogens with one attached hydrogen (secondary N) is 1. The third-order valence-electron chi connectivity index (χ3n) is 2.02. The van der Waals surface area contributed by atoms with Crippen molar-refractivity contribution in [3.63, 3.8) is 0 Å². The first-order chi connectivity index (χ1) is 7.82. The Kier molecular flexibility index (Phi) is 4.14. The van der Waals surface area contributed by atoms with Crippen LogP contribution in [0.3, 0.4) is 0 Å². The molecular formula is C10H12ClNO5. The lowest BCUT2D eigenvalue weighted by Crippen LogP contribution is -2.42. The summed E-state index contributed by atoms with van der Waals surface area (Å²) in [5, 5.41) is 20.5. The second-order valence-corrected chi connectivity index (χ2v) is 4.20. The minimum Gasteiger partial charge on any atom is -0.481 e. The van der Waals surface area contributed by atoms with Crippen molar-refractivity contribution in [2.45, 2.75) is 18.9 Å². The lowest BCUT2D eigenvalue weighted by atomic mass is 10.0. The second-order valence-electron chi connectivity index (χ2n) is 3.86. The number of halogens is 1. The highest BCUT2D eigenvalue weighted by molar-refractivity contribution is 6.32. The fourth-order valence-electron chi connectivity index (χ4n) is 1.21. The first-order valence-corrected chi connectivity index (χ1v) is 5.15. The molecule has 0 spiro atoms. The predicted molar refractivity (Wildman–Crippen MR) is 58.9 cm³/mol. The number of hydrogen-bond acceptors (Lipinski definition) is 4. The molecule has 1 heterocycles. The van der Waals surface area contributed by atoms with Crippen LogP contribution < -0.4 is 5.32 Å². The molecule has 0 aromatic carbocycles. The van der Waals surface area contributed by atoms with Gasteiger partial charge in [0.1, 0.15) is 0 Å². The van der Waals surface area contributed by atoms with Crippen LogP contribution in [0.5, 0.6) is 0 Å². The van der Waals surface area contributed by atoms with Crippen LogP contribution >= 0.6 is 11.6 Å². The SMILES string of the molecule is CC(O)(CNC(=O)c1ccoc1Cl)CC(=O)O. The summed E-state index contributed by atoms with van der Waals surface area (Å²) in [7, 11) is 0. The van der Waals surface area contributed by atoms with E-state index in [-0.39, 0.29) is 17.3 Å². The van der Waals surface area contributed by atoms with E-state index in [0.29, 0.717) is 0 Å². The van der Waals surface area contributed by atoms with Gasteiger partial charge in [0.15, 0.2) is 0 Å². The van der Waals surface area contributed by atoms with Crippen molar-refractivity contribution in [3.8, 4) is 0 Å². The van der Waals surface area contributed by atoms with Gasteiger partial charge in [0.2, 0.25) is 5.22 Å². The van der Waals surface area contributed by atoms with E-state index in [4.69, 9.17) is 21.1 Å². The summed E-state index contributed by atoms with van der Waals surface area (Å²) < 4.78 is 4.73. The largest absolute Gasteiger partial charge is 0.481 e. The molecular weight excluding hydrogens is 250 g/mol. The van der Waals surface area contributed by atoms with Gasteiger partial charge in [0, 0.05) is 6.54 Å². The molecule has 6 nitrogen and oxygen atoms in total. The smallest absolute Gasteiger partial charge is 0.306 e. The monoisotopic (exact) mass is 261 g/mol. The maximum atomic E-state index is 11.5. The van der Waals surface area contributed by atoms with Crippen molar-refractivity contribution in [1.82, 2.24) is 5.32 Å². The Morgan fingerprint density at radius 2 is 2.24 bits per heavy atom. The maximum absolute atomic E-state index is 11.5. The Morgan fingerprint density at radius 1 is 1.59 bits per heavy atom. The van der Waals surface area contributed by atoms with Crippen LogP contribution in [0, 0.1) is 0 Å². The van der Waals surface area contributed by atoms with Crippen molar-refractivity contribution in [1.29, 1.82) is 0 Å². The molecule has 0 aliphatic heterocycles. The number of carboxylic acids is 1. The van der Waals surface area contributed by atoms with Gasteiger partial charge in [-0.2, -0.15) is 0 Å². The summed E-state index contributed by atoms with van der Waals surface area (Å²) in [6, 6.07) is 1.38. The summed E-state index contributed by atoms with van der Waals surface area (Å²) in [6.07, 6.45) is 0.791. The number of hydrogen-bond donors (Lipinski definition) is 3. The summed E-state index contributed by atoms with van der Waals surface area (Å²) >= 11 is 5.58. The van der Waals surface area contributed by atoms with Crippen LogP contribution in [0.15, 0.2) is 16.7 Å². The molecule has 1 unspecified atom stereocenters. The Bertz CT molecular complexity index is 426. The van der Waals surface area contributed by atoms with Gasteiger partial charge < -0.3 is 19.9 Å². The summed E-state index contributed by atoms with van der Waals surface area (Å²) in [6.45, 7) is 1.12. The van der Waals surface area contributed by atoms with Gasteiger partial charge in [0.05, 0.1) is 23.8 Å². The average Bonchev–Trinajstić information content (AvgIpc) is 2.59. The average molecular weight is 262 g/mol. The van der Waals surface area contributed by atoms with Crippen molar-refractivity contribution >= 4 is 23.5 Å². The molecule has 94 valence electrons. The number of carboxylic acid groups (broad SMARTS) is 1. The van der Waals surface area contributed by atoms with Crippen LogP contribution in [0.4, 0.5) is 0 Å². The molecule has 0 aliphatic carbocycles. The van der Waals surface area contributed by atoms with Crippen LogP contribution in [0.25, 0.3) is 0 Å². The standard InChI is InChI=1S/C10H12ClNO5/c1-10(16,4-7(13)14)5-12-9(15)6-2-3-17-8(6)11/h2-3,16H,4-5H2,1H3,(H,12,15)(H,13,14). The fraction of sp³-hybridized carbons (Fsp3) is 0.400. The minimum absolute atomic E-state index is 0.0552. The predicted octanol–water partition coefficient (Wildman–Crippen LogP) is 0.889. The van der Waals surface area contributed by atoms with Crippen LogP contribution in [0.2, 0.25) is 5.22 Å². The Hall–Kier alpha value is -1.53. The van der Waals surface area contributed by atoms with Gasteiger partial charge in [-0.1, -0.05) is 0 Å². The van der Waals surface area contributed by atoms with E-state index in [9.17, 15) is 14.7 Å². The van der Waals surface area contributed by atoms with Crippen LogP contribution in [-0.4, -0.2) is 34.2 Å². The van der Waals surface area contributed by atoms with Crippen molar-refractivity contribution in [2.75, 3.05) is 6.54 Å². The number of carbonyl (C=O) groups is 2. The number of aliphatic carboxylic acids is 1. The molecule has 1 aromatic heterocycles. The molecule has 0 bridgehead atoms. The highest BCUT2D eigenvalue weighted by Crippen LogP contribution is 2.16. The molecule has 7 heteroatoms. The zero-order valence-corrected chi connectivity index (χ0v) is 9.82. The van der Waals surface area contributed by atoms with Gasteiger partial charge in [-0.3, -0.25) is 9.59 Å².